The fraction of sp³-hybridized carbons (Fsp3) is 0.419. The van der Waals surface area contributed by atoms with E-state index in [9.17, 15) is 9.59 Å². The molecule has 0 bridgehead atoms. The number of aromatic amines is 1. The lowest BCUT2D eigenvalue weighted by atomic mass is 10.1. The number of pyridine rings is 1. The number of hydrogen-bond acceptors (Lipinski definition) is 7. The first-order chi connectivity index (χ1) is 20.6. The Bertz CT molecular complexity index is 1620. The minimum atomic E-state index is -0.539. The molecule has 4 heterocycles. The third kappa shape index (κ3) is 6.64. The van der Waals surface area contributed by atoms with E-state index in [0.29, 0.717) is 62.1 Å². The molecule has 6 rings (SSSR count). The summed E-state index contributed by atoms with van der Waals surface area (Å²) in [7, 11) is 0. The number of H-pyrrole nitrogens is 1. The predicted octanol–water partition coefficient (Wildman–Crippen LogP) is 4.77. The Morgan fingerprint density at radius 2 is 1.88 bits per heavy atom. The molecule has 3 N–H and O–H groups in total. The first kappa shape index (κ1) is 28.7. The Morgan fingerprint density at radius 1 is 1.09 bits per heavy atom. The Morgan fingerprint density at radius 3 is 2.56 bits per heavy atom. The number of anilines is 2. The van der Waals surface area contributed by atoms with Crippen molar-refractivity contribution in [2.24, 2.45) is 0 Å². The summed E-state index contributed by atoms with van der Waals surface area (Å²) < 4.78 is 22.7. The van der Waals surface area contributed by atoms with Crippen LogP contribution in [0, 0.1) is 5.82 Å². The number of hydrogen-bond donors (Lipinski definition) is 3. The number of benzene rings is 1. The second kappa shape index (κ2) is 11.7. The molecule has 1 aromatic carbocycles. The van der Waals surface area contributed by atoms with Crippen LogP contribution >= 0.6 is 0 Å². The van der Waals surface area contributed by atoms with E-state index in [2.05, 4.69) is 36.9 Å². The van der Waals surface area contributed by atoms with Gasteiger partial charge in [0.2, 0.25) is 0 Å². The molecule has 1 aliphatic carbocycles. The summed E-state index contributed by atoms with van der Waals surface area (Å²) in [5.74, 6) is -0.224. The highest BCUT2D eigenvalue weighted by atomic mass is 19.1. The minimum Gasteiger partial charge on any atom is -0.444 e. The third-order valence-electron chi connectivity index (χ3n) is 7.71. The van der Waals surface area contributed by atoms with Crippen LogP contribution in [0.2, 0.25) is 0 Å². The van der Waals surface area contributed by atoms with Crippen molar-refractivity contribution in [1.82, 2.24) is 34.7 Å². The number of alkyl carbamates (subject to hydrolysis) is 1. The summed E-state index contributed by atoms with van der Waals surface area (Å²) in [6, 6.07) is 6.61. The number of piperazine rings is 1. The number of amides is 2. The van der Waals surface area contributed by atoms with Crippen LogP contribution in [0.4, 0.5) is 20.6 Å². The molecular formula is C31H37FN8O3. The highest BCUT2D eigenvalue weighted by molar-refractivity contribution is 5.95. The van der Waals surface area contributed by atoms with Gasteiger partial charge in [-0.05, 0) is 69.4 Å². The molecule has 43 heavy (non-hydrogen) atoms. The van der Waals surface area contributed by atoms with Crippen molar-refractivity contribution in [2.75, 3.05) is 44.6 Å². The van der Waals surface area contributed by atoms with Gasteiger partial charge in [0, 0.05) is 62.8 Å². The SMILES string of the molecule is CC(C)(C)OC(=O)NCCN1CCN(C(=O)c2ccc(Nc3cc(C4CC4)cn4c(-c5cn[nH]c5)cnc34)c(F)c2)CC1. The van der Waals surface area contributed by atoms with E-state index in [4.69, 9.17) is 4.74 Å². The zero-order chi connectivity index (χ0) is 30.1. The lowest BCUT2D eigenvalue weighted by Crippen LogP contribution is -2.50. The van der Waals surface area contributed by atoms with Gasteiger partial charge in [-0.1, -0.05) is 0 Å². The van der Waals surface area contributed by atoms with Gasteiger partial charge in [-0.3, -0.25) is 19.2 Å². The van der Waals surface area contributed by atoms with Crippen LogP contribution in [0.25, 0.3) is 16.9 Å². The first-order valence-electron chi connectivity index (χ1n) is 14.7. The second-order valence-corrected chi connectivity index (χ2v) is 12.2. The van der Waals surface area contributed by atoms with E-state index in [0.717, 1.165) is 24.1 Å². The minimum absolute atomic E-state index is 0.201. The second-order valence-electron chi connectivity index (χ2n) is 12.2. The Balaban J connectivity index is 1.09. The Labute approximate surface area is 249 Å². The Kier molecular flexibility index (Phi) is 7.78. The zero-order valence-corrected chi connectivity index (χ0v) is 24.7. The maximum Gasteiger partial charge on any atom is 0.407 e. The molecule has 0 atom stereocenters. The van der Waals surface area contributed by atoms with Gasteiger partial charge in [-0.25, -0.2) is 14.2 Å². The van der Waals surface area contributed by atoms with E-state index in [1.54, 1.807) is 29.4 Å². The number of rotatable bonds is 8. The molecule has 2 aliphatic rings. The number of halogens is 1. The number of nitrogens with one attached hydrogen (secondary N) is 3. The fourth-order valence-electron chi connectivity index (χ4n) is 5.33. The molecule has 12 heteroatoms. The van der Waals surface area contributed by atoms with Crippen LogP contribution in [0.15, 0.2) is 49.1 Å². The number of carbonyl (C=O) groups excluding carboxylic acids is 2. The molecule has 1 saturated heterocycles. The van der Waals surface area contributed by atoms with Crippen LogP contribution < -0.4 is 10.6 Å². The van der Waals surface area contributed by atoms with Crippen LogP contribution in [0.3, 0.4) is 0 Å². The van der Waals surface area contributed by atoms with E-state index >= 15 is 4.39 Å². The lowest BCUT2D eigenvalue weighted by molar-refractivity contribution is 0.0513. The molecule has 226 valence electrons. The molecule has 0 unspecified atom stereocenters. The van der Waals surface area contributed by atoms with E-state index in [-0.39, 0.29) is 11.6 Å². The van der Waals surface area contributed by atoms with Gasteiger partial charge < -0.3 is 20.3 Å². The number of carbonyl (C=O) groups is 2. The molecule has 0 spiro atoms. The number of imidazole rings is 1. The van der Waals surface area contributed by atoms with Crippen molar-refractivity contribution < 1.29 is 18.7 Å². The molecule has 1 saturated carbocycles. The van der Waals surface area contributed by atoms with Crippen molar-refractivity contribution in [3.8, 4) is 11.3 Å². The maximum absolute atomic E-state index is 15.4. The summed E-state index contributed by atoms with van der Waals surface area (Å²) >= 11 is 0. The van der Waals surface area contributed by atoms with Crippen LogP contribution in [-0.2, 0) is 4.74 Å². The van der Waals surface area contributed by atoms with Crippen molar-refractivity contribution >= 4 is 29.0 Å². The highest BCUT2D eigenvalue weighted by Gasteiger charge is 2.27. The van der Waals surface area contributed by atoms with Gasteiger partial charge in [-0.2, -0.15) is 5.10 Å². The lowest BCUT2D eigenvalue weighted by Gasteiger charge is -2.34. The summed E-state index contributed by atoms with van der Waals surface area (Å²) in [6.45, 7) is 8.98. The van der Waals surface area contributed by atoms with Crippen molar-refractivity contribution in [3.05, 3.63) is 66.0 Å². The van der Waals surface area contributed by atoms with E-state index in [1.807, 2.05) is 37.4 Å². The maximum atomic E-state index is 15.4. The topological polar surface area (TPSA) is 120 Å². The first-order valence-corrected chi connectivity index (χ1v) is 14.7. The van der Waals surface area contributed by atoms with Gasteiger partial charge in [0.25, 0.3) is 5.91 Å². The smallest absolute Gasteiger partial charge is 0.407 e. The third-order valence-corrected chi connectivity index (χ3v) is 7.71. The number of aromatic nitrogens is 4. The summed E-state index contributed by atoms with van der Waals surface area (Å²) in [5, 5.41) is 12.9. The largest absolute Gasteiger partial charge is 0.444 e. The monoisotopic (exact) mass is 588 g/mol. The average Bonchev–Trinajstić information content (AvgIpc) is 3.50. The molecule has 11 nitrogen and oxygen atoms in total. The predicted molar refractivity (Wildman–Crippen MR) is 161 cm³/mol. The van der Waals surface area contributed by atoms with Crippen molar-refractivity contribution in [3.63, 3.8) is 0 Å². The fourth-order valence-corrected chi connectivity index (χ4v) is 5.33. The molecule has 2 fully saturated rings. The van der Waals surface area contributed by atoms with E-state index in [1.165, 1.54) is 11.6 Å². The Hall–Kier alpha value is -4.45. The molecule has 2 amide bonds. The molecule has 0 radical (unpaired) electrons. The quantitative estimate of drug-likeness (QED) is 0.271. The van der Waals surface area contributed by atoms with Crippen LogP contribution in [-0.4, -0.2) is 86.3 Å². The summed E-state index contributed by atoms with van der Waals surface area (Å²) in [5.41, 5.74) is 4.42. The van der Waals surface area contributed by atoms with Crippen LogP contribution in [0.1, 0.15) is 55.5 Å². The van der Waals surface area contributed by atoms with Gasteiger partial charge >= 0.3 is 6.09 Å². The van der Waals surface area contributed by atoms with Gasteiger partial charge in [0.1, 0.15) is 11.4 Å². The van der Waals surface area contributed by atoms with Crippen molar-refractivity contribution in [2.45, 2.75) is 45.1 Å². The standard InChI is InChI=1S/C31H37FN8O3/c1-31(2,3)43-30(42)33-8-9-38-10-12-39(13-11-38)29(41)21-6-7-25(24(32)14-21)37-26-15-22(20-4-5-20)19-40-27(18-34-28(26)40)23-16-35-36-17-23/h6-7,14-20,37H,4-5,8-13H2,1-3H3,(H,33,42)(H,35,36). The summed E-state index contributed by atoms with van der Waals surface area (Å²) in [4.78, 5) is 33.6. The molecule has 1 aliphatic heterocycles. The van der Waals surface area contributed by atoms with Gasteiger partial charge in [0.05, 0.1) is 29.5 Å². The normalized spacial score (nSPS) is 16.0. The van der Waals surface area contributed by atoms with Gasteiger partial charge in [-0.15, -0.1) is 0 Å². The highest BCUT2D eigenvalue weighted by Crippen LogP contribution is 2.42. The molecule has 4 aromatic rings. The number of fused-ring (bicyclic) bond motifs is 1. The molecule has 3 aromatic heterocycles. The zero-order valence-electron chi connectivity index (χ0n) is 24.7. The number of nitrogens with zero attached hydrogens (tertiary/aromatic N) is 5. The van der Waals surface area contributed by atoms with Gasteiger partial charge in [0.15, 0.2) is 5.65 Å². The molecular weight excluding hydrogens is 551 g/mol. The average molecular weight is 589 g/mol. The van der Waals surface area contributed by atoms with E-state index < -0.39 is 17.5 Å². The van der Waals surface area contributed by atoms with Crippen molar-refractivity contribution in [1.29, 1.82) is 0 Å². The summed E-state index contributed by atoms with van der Waals surface area (Å²) in [6.07, 6.45) is 9.27. The number of ether oxygens (including phenoxy) is 1. The van der Waals surface area contributed by atoms with Crippen LogP contribution in [0.5, 0.6) is 0 Å².